The van der Waals surface area contributed by atoms with Crippen molar-refractivity contribution in [3.8, 4) is 17.2 Å². The lowest BCUT2D eigenvalue weighted by Crippen LogP contribution is -2.20. The second-order valence-corrected chi connectivity index (χ2v) is 6.37. The van der Waals surface area contributed by atoms with Crippen molar-refractivity contribution in [2.45, 2.75) is 6.54 Å². The molecule has 6 heteroatoms. The van der Waals surface area contributed by atoms with E-state index in [2.05, 4.69) is 5.32 Å². The van der Waals surface area contributed by atoms with Crippen LogP contribution in [0.5, 0.6) is 17.2 Å². The molecule has 1 aliphatic heterocycles. The molecule has 140 valence electrons. The van der Waals surface area contributed by atoms with Gasteiger partial charge in [-0.2, -0.15) is 0 Å². The molecular weight excluding hydrogens is 366 g/mol. The van der Waals surface area contributed by atoms with Crippen molar-refractivity contribution in [1.29, 1.82) is 0 Å². The van der Waals surface area contributed by atoms with Crippen LogP contribution in [0.25, 0.3) is 6.08 Å². The van der Waals surface area contributed by atoms with Crippen LogP contribution in [0, 0.1) is 0 Å². The summed E-state index contributed by atoms with van der Waals surface area (Å²) in [6, 6.07) is 11.0. The molecule has 0 unspecified atom stereocenters. The van der Waals surface area contributed by atoms with Gasteiger partial charge < -0.3 is 19.5 Å². The topological polar surface area (TPSA) is 56.8 Å². The maximum absolute atomic E-state index is 12.1. The Bertz CT molecular complexity index is 905. The first kappa shape index (κ1) is 18.9. The Hall–Kier alpha value is -2.92. The fourth-order valence-corrected chi connectivity index (χ4v) is 2.86. The first-order valence-electron chi connectivity index (χ1n) is 8.39. The van der Waals surface area contributed by atoms with Crippen molar-refractivity contribution < 1.29 is 19.0 Å². The number of methoxy groups -OCH3 is 2. The van der Waals surface area contributed by atoms with E-state index in [0.717, 1.165) is 22.4 Å². The summed E-state index contributed by atoms with van der Waals surface area (Å²) in [5, 5.41) is 3.49. The molecule has 0 saturated heterocycles. The molecule has 0 spiro atoms. The average molecular weight is 386 g/mol. The van der Waals surface area contributed by atoms with Crippen molar-refractivity contribution in [2.24, 2.45) is 0 Å². The Labute approximate surface area is 163 Å². The number of amides is 1. The standard InChI is InChI=1S/C21H20ClNO4/c1-25-19-6-3-14(10-20(19)26-2)12-23-21(24)8-4-15-9-16-11-17(22)5-7-18(16)27-13-15/h3-11H,12-13H2,1-2H3,(H,23,24)/b8-4+. The zero-order valence-electron chi connectivity index (χ0n) is 15.1. The average Bonchev–Trinajstić information content (AvgIpc) is 2.70. The molecular formula is C21H20ClNO4. The number of benzene rings is 2. The van der Waals surface area contributed by atoms with Crippen LogP contribution in [0.15, 0.2) is 54.1 Å². The van der Waals surface area contributed by atoms with Crippen LogP contribution in [-0.2, 0) is 11.3 Å². The summed E-state index contributed by atoms with van der Waals surface area (Å²) >= 11 is 6.01. The fraction of sp³-hybridized carbons (Fsp3) is 0.190. The second kappa shape index (κ2) is 8.64. The van der Waals surface area contributed by atoms with Crippen molar-refractivity contribution in [2.75, 3.05) is 20.8 Å². The fourth-order valence-electron chi connectivity index (χ4n) is 2.68. The van der Waals surface area contributed by atoms with Crippen molar-refractivity contribution in [3.05, 3.63) is 70.3 Å². The van der Waals surface area contributed by atoms with Gasteiger partial charge >= 0.3 is 0 Å². The number of halogens is 1. The first-order valence-corrected chi connectivity index (χ1v) is 8.76. The summed E-state index contributed by atoms with van der Waals surface area (Å²) in [7, 11) is 3.16. The van der Waals surface area contributed by atoms with E-state index in [9.17, 15) is 4.79 Å². The maximum atomic E-state index is 12.1. The van der Waals surface area contributed by atoms with Gasteiger partial charge in [-0.15, -0.1) is 0 Å². The minimum absolute atomic E-state index is 0.192. The van der Waals surface area contributed by atoms with Gasteiger partial charge in [0.25, 0.3) is 0 Å². The van der Waals surface area contributed by atoms with Gasteiger partial charge in [0, 0.05) is 23.2 Å². The third-order valence-corrected chi connectivity index (χ3v) is 4.31. The van der Waals surface area contributed by atoms with Crippen LogP contribution < -0.4 is 19.5 Å². The lowest BCUT2D eigenvalue weighted by Gasteiger charge is -2.16. The van der Waals surface area contributed by atoms with E-state index in [0.29, 0.717) is 29.7 Å². The van der Waals surface area contributed by atoms with Crippen LogP contribution in [0.3, 0.4) is 0 Å². The second-order valence-electron chi connectivity index (χ2n) is 5.93. The third-order valence-electron chi connectivity index (χ3n) is 4.07. The van der Waals surface area contributed by atoms with Gasteiger partial charge in [-0.25, -0.2) is 0 Å². The predicted octanol–water partition coefficient (Wildman–Crippen LogP) is 4.01. The highest BCUT2D eigenvalue weighted by atomic mass is 35.5. The number of ether oxygens (including phenoxy) is 3. The Kier molecular flexibility index (Phi) is 6.04. The Balaban J connectivity index is 1.60. The van der Waals surface area contributed by atoms with E-state index in [1.165, 1.54) is 6.08 Å². The highest BCUT2D eigenvalue weighted by Gasteiger charge is 2.10. The molecule has 1 amide bonds. The Morgan fingerprint density at radius 3 is 2.78 bits per heavy atom. The van der Waals surface area contributed by atoms with E-state index < -0.39 is 0 Å². The van der Waals surface area contributed by atoms with Gasteiger partial charge in [-0.05, 0) is 47.5 Å². The summed E-state index contributed by atoms with van der Waals surface area (Å²) < 4.78 is 16.1. The summed E-state index contributed by atoms with van der Waals surface area (Å²) in [4.78, 5) is 12.1. The van der Waals surface area contributed by atoms with Gasteiger partial charge in [0.15, 0.2) is 11.5 Å². The number of hydrogen-bond donors (Lipinski definition) is 1. The SMILES string of the molecule is COc1ccc(CNC(=O)/C=C/C2=Cc3cc(Cl)ccc3OC2)cc1OC. The molecule has 1 heterocycles. The molecule has 0 saturated carbocycles. The van der Waals surface area contributed by atoms with E-state index in [4.69, 9.17) is 25.8 Å². The van der Waals surface area contributed by atoms with E-state index in [-0.39, 0.29) is 5.91 Å². The molecule has 1 N–H and O–H groups in total. The Morgan fingerprint density at radius 2 is 2.00 bits per heavy atom. The molecule has 2 aromatic carbocycles. The van der Waals surface area contributed by atoms with Gasteiger partial charge in [0.05, 0.1) is 14.2 Å². The van der Waals surface area contributed by atoms with Crippen molar-refractivity contribution >= 4 is 23.6 Å². The minimum Gasteiger partial charge on any atom is -0.493 e. The van der Waals surface area contributed by atoms with Crippen LogP contribution in [0.1, 0.15) is 11.1 Å². The van der Waals surface area contributed by atoms with Gasteiger partial charge in [0.2, 0.25) is 5.91 Å². The highest BCUT2D eigenvalue weighted by molar-refractivity contribution is 6.30. The quantitative estimate of drug-likeness (QED) is 0.763. The number of rotatable bonds is 6. The van der Waals surface area contributed by atoms with Gasteiger partial charge in [0.1, 0.15) is 12.4 Å². The minimum atomic E-state index is -0.192. The smallest absolute Gasteiger partial charge is 0.244 e. The summed E-state index contributed by atoms with van der Waals surface area (Å²) in [6.45, 7) is 0.797. The van der Waals surface area contributed by atoms with Crippen LogP contribution >= 0.6 is 11.6 Å². The number of nitrogens with one attached hydrogen (secondary N) is 1. The van der Waals surface area contributed by atoms with E-state index in [1.54, 1.807) is 26.4 Å². The summed E-state index contributed by atoms with van der Waals surface area (Å²) in [5.41, 5.74) is 2.71. The number of fused-ring (bicyclic) bond motifs is 1. The van der Waals surface area contributed by atoms with Crippen LogP contribution in [-0.4, -0.2) is 26.7 Å². The molecule has 0 aromatic heterocycles. The highest BCUT2D eigenvalue weighted by Crippen LogP contribution is 2.29. The van der Waals surface area contributed by atoms with Crippen molar-refractivity contribution in [3.63, 3.8) is 0 Å². The normalized spacial score (nSPS) is 12.8. The lowest BCUT2D eigenvalue weighted by molar-refractivity contribution is -0.116. The molecule has 0 radical (unpaired) electrons. The first-order chi connectivity index (χ1) is 13.1. The lowest BCUT2D eigenvalue weighted by atomic mass is 10.1. The zero-order valence-corrected chi connectivity index (χ0v) is 15.9. The van der Waals surface area contributed by atoms with Gasteiger partial charge in [-0.1, -0.05) is 23.7 Å². The molecule has 0 bridgehead atoms. The number of carbonyl (C=O) groups excluding carboxylic acids is 1. The monoisotopic (exact) mass is 385 g/mol. The zero-order chi connectivity index (χ0) is 19.2. The summed E-state index contributed by atoms with van der Waals surface area (Å²) in [6.07, 6.45) is 5.20. The van der Waals surface area contributed by atoms with Crippen LogP contribution in [0.4, 0.5) is 0 Å². The molecule has 27 heavy (non-hydrogen) atoms. The van der Waals surface area contributed by atoms with E-state index >= 15 is 0 Å². The van der Waals surface area contributed by atoms with Gasteiger partial charge in [-0.3, -0.25) is 4.79 Å². The molecule has 5 nitrogen and oxygen atoms in total. The van der Waals surface area contributed by atoms with E-state index in [1.807, 2.05) is 36.4 Å². The molecule has 1 aliphatic rings. The molecule has 2 aromatic rings. The van der Waals surface area contributed by atoms with Crippen LogP contribution in [0.2, 0.25) is 5.02 Å². The van der Waals surface area contributed by atoms with Crippen molar-refractivity contribution in [1.82, 2.24) is 5.32 Å². The predicted molar refractivity (Wildman–Crippen MR) is 105 cm³/mol. The summed E-state index contributed by atoms with van der Waals surface area (Å²) in [5.74, 6) is 1.87. The number of hydrogen-bond acceptors (Lipinski definition) is 4. The largest absolute Gasteiger partial charge is 0.493 e. The molecule has 0 aliphatic carbocycles. The molecule has 0 atom stereocenters. The molecule has 0 fully saturated rings. The third kappa shape index (κ3) is 4.83. The maximum Gasteiger partial charge on any atom is 0.244 e. The molecule has 3 rings (SSSR count). The number of carbonyl (C=O) groups is 1. The Morgan fingerprint density at radius 1 is 1.19 bits per heavy atom.